The predicted molar refractivity (Wildman–Crippen MR) is 162 cm³/mol. The molecular weight excluding hydrogens is 484 g/mol. The van der Waals surface area contributed by atoms with E-state index in [0.717, 1.165) is 60.7 Å². The molecule has 3 aromatic carbocycles. The number of carbonyl (C=O) groups excluding carboxylic acids is 1. The third kappa shape index (κ3) is 6.93. The van der Waals surface area contributed by atoms with E-state index in [9.17, 15) is 4.79 Å². The summed E-state index contributed by atoms with van der Waals surface area (Å²) in [6.45, 7) is 11.9. The molecular formula is C33H44N4O2. The Hall–Kier alpha value is -3.51. The van der Waals surface area contributed by atoms with E-state index in [1.807, 2.05) is 24.3 Å². The molecule has 1 heterocycles. The molecule has 208 valence electrons. The largest absolute Gasteiger partial charge is 0.497 e. The third-order valence-corrected chi connectivity index (χ3v) is 8.04. The molecule has 6 heteroatoms. The number of nitrogen functional groups attached to an aromatic ring is 1. The lowest BCUT2D eigenvalue weighted by atomic mass is 9.72. The molecule has 0 atom stereocenters. The number of benzene rings is 3. The fraction of sp³-hybridized carbons (Fsp3) is 0.424. The van der Waals surface area contributed by atoms with Crippen molar-refractivity contribution in [1.29, 1.82) is 0 Å². The van der Waals surface area contributed by atoms with Gasteiger partial charge in [0.2, 0.25) is 0 Å². The zero-order chi connectivity index (χ0) is 28.0. The molecule has 1 aliphatic rings. The molecule has 0 spiro atoms. The number of ether oxygens (including phenoxy) is 1. The Bertz CT molecular complexity index is 1220. The van der Waals surface area contributed by atoms with Gasteiger partial charge < -0.3 is 21.1 Å². The number of piperidine rings is 1. The summed E-state index contributed by atoms with van der Waals surface area (Å²) in [6, 6.07) is 22.7. The van der Waals surface area contributed by atoms with Crippen LogP contribution in [0.25, 0.3) is 0 Å². The van der Waals surface area contributed by atoms with Crippen LogP contribution in [0.3, 0.4) is 0 Å². The Labute approximate surface area is 233 Å². The van der Waals surface area contributed by atoms with Crippen LogP contribution in [0.1, 0.15) is 74.6 Å². The Kier molecular flexibility index (Phi) is 9.18. The van der Waals surface area contributed by atoms with Gasteiger partial charge in [-0.25, -0.2) is 4.79 Å². The maximum Gasteiger partial charge on any atom is 0.319 e. The van der Waals surface area contributed by atoms with Crippen LogP contribution >= 0.6 is 0 Å². The Morgan fingerprint density at radius 3 is 2.18 bits per heavy atom. The van der Waals surface area contributed by atoms with Crippen molar-refractivity contribution in [3.05, 3.63) is 89.0 Å². The van der Waals surface area contributed by atoms with E-state index in [-0.39, 0.29) is 23.3 Å². The van der Waals surface area contributed by atoms with Crippen molar-refractivity contribution in [2.75, 3.05) is 37.8 Å². The first kappa shape index (κ1) is 28.5. The van der Waals surface area contributed by atoms with Crippen molar-refractivity contribution in [3.8, 4) is 5.75 Å². The quantitative estimate of drug-likeness (QED) is 0.265. The summed E-state index contributed by atoms with van der Waals surface area (Å²) >= 11 is 0. The first-order chi connectivity index (χ1) is 18.7. The van der Waals surface area contributed by atoms with Crippen LogP contribution in [-0.2, 0) is 12.0 Å². The van der Waals surface area contributed by atoms with Crippen molar-refractivity contribution < 1.29 is 9.53 Å². The van der Waals surface area contributed by atoms with Crippen molar-refractivity contribution in [1.82, 2.24) is 10.2 Å². The average Bonchev–Trinajstić information content (AvgIpc) is 2.94. The Morgan fingerprint density at radius 2 is 1.59 bits per heavy atom. The summed E-state index contributed by atoms with van der Waals surface area (Å²) in [5.74, 6) is 1.31. The molecule has 0 unspecified atom stereocenters. The van der Waals surface area contributed by atoms with Gasteiger partial charge in [-0.1, -0.05) is 70.2 Å². The van der Waals surface area contributed by atoms with Gasteiger partial charge in [0, 0.05) is 29.9 Å². The number of nitrogens with zero attached hydrogens (tertiary/aromatic N) is 1. The van der Waals surface area contributed by atoms with Gasteiger partial charge in [0.15, 0.2) is 0 Å². The first-order valence-electron chi connectivity index (χ1n) is 14.1. The number of rotatable bonds is 9. The molecule has 39 heavy (non-hydrogen) atoms. The second-order valence-electron chi connectivity index (χ2n) is 11.5. The van der Waals surface area contributed by atoms with Gasteiger partial charge in [0.25, 0.3) is 0 Å². The van der Waals surface area contributed by atoms with Crippen molar-refractivity contribution in [2.45, 2.75) is 64.3 Å². The first-order valence-corrected chi connectivity index (χ1v) is 14.1. The number of hydrogen-bond acceptors (Lipinski definition) is 4. The summed E-state index contributed by atoms with van der Waals surface area (Å²) in [5, 5.41) is 6.45. The van der Waals surface area contributed by atoms with Crippen LogP contribution in [-0.4, -0.2) is 37.7 Å². The van der Waals surface area contributed by atoms with E-state index in [0.29, 0.717) is 6.54 Å². The monoisotopic (exact) mass is 528 g/mol. The number of nitrogens with two attached hydrogens (primary N) is 1. The summed E-state index contributed by atoms with van der Waals surface area (Å²) in [5.41, 5.74) is 12.3. The molecule has 6 nitrogen and oxygen atoms in total. The van der Waals surface area contributed by atoms with Gasteiger partial charge in [-0.2, -0.15) is 0 Å². The van der Waals surface area contributed by atoms with Gasteiger partial charge in [0.1, 0.15) is 5.75 Å². The summed E-state index contributed by atoms with van der Waals surface area (Å²) in [6.07, 6.45) is 1.90. The normalized spacial score (nSPS) is 15.4. The second kappa shape index (κ2) is 12.6. The fourth-order valence-electron chi connectivity index (χ4n) is 5.68. The SMILES string of the molecule is COc1cccc(C2(CNC(=O)Nc3c(C(C)C)cc(N)cc3C(C)C)CCN(Cc3ccccc3)CC2)c1. The highest BCUT2D eigenvalue weighted by atomic mass is 16.5. The fourth-order valence-corrected chi connectivity index (χ4v) is 5.68. The number of anilines is 2. The van der Waals surface area contributed by atoms with Gasteiger partial charge >= 0.3 is 6.03 Å². The van der Waals surface area contributed by atoms with Crippen LogP contribution in [0.5, 0.6) is 5.75 Å². The van der Waals surface area contributed by atoms with Crippen LogP contribution in [0.2, 0.25) is 0 Å². The van der Waals surface area contributed by atoms with E-state index in [1.165, 1.54) is 11.1 Å². The molecule has 2 amide bonds. The van der Waals surface area contributed by atoms with Crippen LogP contribution in [0.4, 0.5) is 16.2 Å². The maximum absolute atomic E-state index is 13.4. The average molecular weight is 529 g/mol. The molecule has 1 fully saturated rings. The maximum atomic E-state index is 13.4. The van der Waals surface area contributed by atoms with Crippen molar-refractivity contribution in [3.63, 3.8) is 0 Å². The molecule has 0 saturated carbocycles. The number of likely N-dealkylation sites (tertiary alicyclic amines) is 1. The summed E-state index contributed by atoms with van der Waals surface area (Å²) in [7, 11) is 1.70. The molecule has 1 aliphatic heterocycles. The lowest BCUT2D eigenvalue weighted by molar-refractivity contribution is 0.150. The lowest BCUT2D eigenvalue weighted by Crippen LogP contribution is -2.49. The molecule has 4 N–H and O–H groups in total. The van der Waals surface area contributed by atoms with E-state index in [2.05, 4.69) is 85.7 Å². The number of nitrogens with one attached hydrogen (secondary N) is 2. The van der Waals surface area contributed by atoms with Crippen LogP contribution < -0.4 is 21.1 Å². The Balaban J connectivity index is 1.53. The number of methoxy groups -OCH3 is 1. The van der Waals surface area contributed by atoms with E-state index < -0.39 is 0 Å². The molecule has 3 aromatic rings. The van der Waals surface area contributed by atoms with E-state index in [1.54, 1.807) is 7.11 Å². The standard InChI is InChI=1S/C33H44N4O2/c1-23(2)29-19-27(34)20-30(24(3)4)31(29)36-32(38)35-22-33(26-12-9-13-28(18-26)39-5)14-16-37(17-15-33)21-25-10-7-6-8-11-25/h6-13,18-20,23-24H,14-17,21-22,34H2,1-5H3,(H2,35,36,38). The zero-order valence-corrected chi connectivity index (χ0v) is 24.1. The molecule has 4 rings (SSSR count). The summed E-state index contributed by atoms with van der Waals surface area (Å²) in [4.78, 5) is 15.9. The van der Waals surface area contributed by atoms with Gasteiger partial charge in [-0.15, -0.1) is 0 Å². The van der Waals surface area contributed by atoms with Gasteiger partial charge in [0.05, 0.1) is 7.11 Å². The van der Waals surface area contributed by atoms with Crippen molar-refractivity contribution >= 4 is 17.4 Å². The molecule has 0 bridgehead atoms. The minimum atomic E-state index is -0.183. The van der Waals surface area contributed by atoms with E-state index >= 15 is 0 Å². The molecule has 1 saturated heterocycles. The smallest absolute Gasteiger partial charge is 0.319 e. The van der Waals surface area contributed by atoms with Gasteiger partial charge in [-0.3, -0.25) is 4.90 Å². The summed E-state index contributed by atoms with van der Waals surface area (Å²) < 4.78 is 5.56. The third-order valence-electron chi connectivity index (χ3n) is 8.04. The van der Waals surface area contributed by atoms with Gasteiger partial charge in [-0.05, 0) is 84.3 Å². The molecule has 0 aliphatic carbocycles. The topological polar surface area (TPSA) is 79.6 Å². The molecule has 0 radical (unpaired) electrons. The number of amides is 2. The Morgan fingerprint density at radius 1 is 0.949 bits per heavy atom. The molecule has 0 aromatic heterocycles. The number of hydrogen-bond donors (Lipinski definition) is 3. The minimum Gasteiger partial charge on any atom is -0.497 e. The van der Waals surface area contributed by atoms with Crippen LogP contribution in [0.15, 0.2) is 66.7 Å². The predicted octanol–water partition coefficient (Wildman–Crippen LogP) is 6.88. The zero-order valence-electron chi connectivity index (χ0n) is 24.1. The van der Waals surface area contributed by atoms with E-state index in [4.69, 9.17) is 10.5 Å². The lowest BCUT2D eigenvalue weighted by Gasteiger charge is -2.42. The highest BCUT2D eigenvalue weighted by molar-refractivity contribution is 5.92. The van der Waals surface area contributed by atoms with Crippen LogP contribution in [0, 0.1) is 0 Å². The van der Waals surface area contributed by atoms with Crippen molar-refractivity contribution in [2.24, 2.45) is 0 Å². The second-order valence-corrected chi connectivity index (χ2v) is 11.5. The number of urea groups is 1. The highest BCUT2D eigenvalue weighted by Crippen LogP contribution is 2.38. The minimum absolute atomic E-state index is 0.179. The number of carbonyl (C=O) groups is 1. The highest BCUT2D eigenvalue weighted by Gasteiger charge is 2.37.